The van der Waals surface area contributed by atoms with Gasteiger partial charge in [0, 0.05) is 22.3 Å². The van der Waals surface area contributed by atoms with Gasteiger partial charge in [-0.15, -0.1) is 0 Å². The largest absolute Gasteiger partial charge is 0.299 e. The molecule has 0 saturated heterocycles. The molecule has 1 aliphatic rings. The summed E-state index contributed by atoms with van der Waals surface area (Å²) in [6.07, 6.45) is 1.26. The highest BCUT2D eigenvalue weighted by molar-refractivity contribution is 6.31. The number of hydrogen-bond donors (Lipinski definition) is 0. The third kappa shape index (κ3) is 2.47. The van der Waals surface area contributed by atoms with Crippen LogP contribution in [0.3, 0.4) is 0 Å². The van der Waals surface area contributed by atoms with E-state index in [4.69, 9.17) is 11.6 Å². The van der Waals surface area contributed by atoms with Crippen LogP contribution in [0.4, 0.5) is 0 Å². The molecule has 0 aliphatic heterocycles. The van der Waals surface area contributed by atoms with Crippen molar-refractivity contribution in [3.63, 3.8) is 0 Å². The fourth-order valence-electron chi connectivity index (χ4n) is 2.23. The third-order valence-corrected chi connectivity index (χ3v) is 3.60. The first-order chi connectivity index (χ1) is 8.09. The van der Waals surface area contributed by atoms with E-state index in [9.17, 15) is 14.9 Å². The maximum atomic E-state index is 11.5. The normalized spacial score (nSPS) is 20.8. The van der Waals surface area contributed by atoms with E-state index >= 15 is 0 Å². The number of carbonyl (C=O) groups is 1. The van der Waals surface area contributed by atoms with Gasteiger partial charge in [0.05, 0.1) is 5.92 Å². The van der Waals surface area contributed by atoms with Gasteiger partial charge in [-0.3, -0.25) is 14.9 Å². The van der Waals surface area contributed by atoms with Crippen LogP contribution in [0.1, 0.15) is 24.3 Å². The SMILES string of the molecule is O=C1CC[C@@H]1[C@H](C[N+](=O)[O-])c1ccccc1Cl. The third-order valence-electron chi connectivity index (χ3n) is 3.25. The van der Waals surface area contributed by atoms with Crippen LogP contribution in [0.15, 0.2) is 24.3 Å². The Bertz CT molecular complexity index is 461. The molecule has 17 heavy (non-hydrogen) atoms. The molecule has 0 N–H and O–H groups in total. The second-order valence-electron chi connectivity index (χ2n) is 4.25. The van der Waals surface area contributed by atoms with Crippen LogP contribution >= 0.6 is 11.6 Å². The number of nitro groups is 1. The van der Waals surface area contributed by atoms with Gasteiger partial charge in [-0.2, -0.15) is 0 Å². The molecule has 1 aromatic carbocycles. The van der Waals surface area contributed by atoms with Crippen molar-refractivity contribution in [1.29, 1.82) is 0 Å². The molecule has 90 valence electrons. The van der Waals surface area contributed by atoms with Crippen LogP contribution in [0.2, 0.25) is 5.02 Å². The Morgan fingerprint density at radius 1 is 1.47 bits per heavy atom. The maximum Gasteiger partial charge on any atom is 0.211 e. The van der Waals surface area contributed by atoms with E-state index in [1.165, 1.54) is 0 Å². The summed E-state index contributed by atoms with van der Waals surface area (Å²) in [4.78, 5) is 21.8. The predicted octanol–water partition coefficient (Wildman–Crippen LogP) is 2.68. The fraction of sp³-hybridized carbons (Fsp3) is 0.417. The van der Waals surface area contributed by atoms with Crippen molar-refractivity contribution in [3.8, 4) is 0 Å². The summed E-state index contributed by atoms with van der Waals surface area (Å²) in [7, 11) is 0. The lowest BCUT2D eigenvalue weighted by molar-refractivity contribution is -0.484. The lowest BCUT2D eigenvalue weighted by Crippen LogP contribution is -2.35. The Balaban J connectivity index is 2.29. The van der Waals surface area contributed by atoms with E-state index in [0.29, 0.717) is 17.0 Å². The van der Waals surface area contributed by atoms with Gasteiger partial charge in [-0.25, -0.2) is 0 Å². The average molecular weight is 254 g/mol. The summed E-state index contributed by atoms with van der Waals surface area (Å²) in [5.74, 6) is -0.517. The van der Waals surface area contributed by atoms with Crippen LogP contribution in [-0.4, -0.2) is 17.3 Å². The second kappa shape index (κ2) is 4.84. The first kappa shape index (κ1) is 12.0. The van der Waals surface area contributed by atoms with Crippen molar-refractivity contribution in [3.05, 3.63) is 45.0 Å². The molecule has 1 fully saturated rings. The van der Waals surface area contributed by atoms with Crippen molar-refractivity contribution in [2.45, 2.75) is 18.8 Å². The molecule has 2 atom stereocenters. The van der Waals surface area contributed by atoms with Gasteiger partial charge in [0.1, 0.15) is 5.78 Å². The van der Waals surface area contributed by atoms with Crippen molar-refractivity contribution in [2.75, 3.05) is 6.54 Å². The molecule has 4 nitrogen and oxygen atoms in total. The van der Waals surface area contributed by atoms with Crippen LogP contribution in [0, 0.1) is 16.0 Å². The molecule has 0 spiro atoms. The second-order valence-corrected chi connectivity index (χ2v) is 4.66. The van der Waals surface area contributed by atoms with Gasteiger partial charge >= 0.3 is 0 Å². The maximum absolute atomic E-state index is 11.5. The number of hydrogen-bond acceptors (Lipinski definition) is 3. The van der Waals surface area contributed by atoms with E-state index in [1.807, 2.05) is 0 Å². The van der Waals surface area contributed by atoms with Gasteiger partial charge < -0.3 is 0 Å². The summed E-state index contributed by atoms with van der Waals surface area (Å²) < 4.78 is 0. The number of Topliss-reactive ketones (excluding diaryl/α,β-unsaturated/α-hetero) is 1. The Kier molecular flexibility index (Phi) is 3.43. The van der Waals surface area contributed by atoms with Gasteiger partial charge in [0.25, 0.3) is 0 Å². The molecular formula is C12H12ClNO3. The van der Waals surface area contributed by atoms with E-state index in [1.54, 1.807) is 24.3 Å². The molecule has 1 saturated carbocycles. The molecule has 0 aromatic heterocycles. The van der Waals surface area contributed by atoms with Crippen molar-refractivity contribution in [2.24, 2.45) is 5.92 Å². The van der Waals surface area contributed by atoms with Gasteiger partial charge in [0.15, 0.2) is 0 Å². The Labute approximate surface area is 104 Å². The number of nitrogens with zero attached hydrogens (tertiary/aromatic N) is 1. The highest BCUT2D eigenvalue weighted by Crippen LogP contribution is 2.39. The molecule has 0 amide bonds. The first-order valence-electron chi connectivity index (χ1n) is 5.48. The van der Waals surface area contributed by atoms with E-state index in [-0.39, 0.29) is 29.1 Å². The quantitative estimate of drug-likeness (QED) is 0.612. The standard InChI is InChI=1S/C12H12ClNO3/c13-11-4-2-1-3-8(11)10(7-14(16)17)9-5-6-12(9)15/h1-4,9-10H,5-7H2/t9-,10-/m1/s1. The summed E-state index contributed by atoms with van der Waals surface area (Å²) >= 11 is 6.04. The van der Waals surface area contributed by atoms with Gasteiger partial charge in [0.2, 0.25) is 6.54 Å². The van der Waals surface area contributed by atoms with Crippen LogP contribution < -0.4 is 0 Å². The van der Waals surface area contributed by atoms with E-state index in [0.717, 1.165) is 6.42 Å². The zero-order chi connectivity index (χ0) is 12.4. The van der Waals surface area contributed by atoms with E-state index < -0.39 is 0 Å². The Hall–Kier alpha value is -1.42. The molecule has 0 bridgehead atoms. The lowest BCUT2D eigenvalue weighted by Gasteiger charge is -2.30. The van der Waals surface area contributed by atoms with Gasteiger partial charge in [-0.1, -0.05) is 29.8 Å². The summed E-state index contributed by atoms with van der Waals surface area (Å²) in [6.45, 7) is -0.236. The minimum absolute atomic E-state index is 0.108. The van der Waals surface area contributed by atoms with E-state index in [2.05, 4.69) is 0 Å². The predicted molar refractivity (Wildman–Crippen MR) is 63.8 cm³/mol. The van der Waals surface area contributed by atoms with Crippen LogP contribution in [0.25, 0.3) is 0 Å². The van der Waals surface area contributed by atoms with Crippen molar-refractivity contribution < 1.29 is 9.72 Å². The van der Waals surface area contributed by atoms with Crippen molar-refractivity contribution >= 4 is 17.4 Å². The molecular weight excluding hydrogens is 242 g/mol. The monoisotopic (exact) mass is 253 g/mol. The molecule has 1 aliphatic carbocycles. The molecule has 5 heteroatoms. The molecule has 0 unspecified atom stereocenters. The average Bonchev–Trinajstić information content (AvgIpc) is 2.26. The minimum atomic E-state index is -0.389. The fourth-order valence-corrected chi connectivity index (χ4v) is 2.51. The zero-order valence-electron chi connectivity index (χ0n) is 9.14. The summed E-state index contributed by atoms with van der Waals surface area (Å²) in [5.41, 5.74) is 0.712. The number of rotatable bonds is 4. The topological polar surface area (TPSA) is 60.2 Å². The molecule has 0 heterocycles. The number of benzene rings is 1. The molecule has 1 aromatic rings. The van der Waals surface area contributed by atoms with Crippen LogP contribution in [0.5, 0.6) is 0 Å². The number of halogens is 1. The number of ketones is 1. The highest BCUT2D eigenvalue weighted by atomic mass is 35.5. The summed E-state index contributed by atoms with van der Waals surface area (Å²) in [5, 5.41) is 11.2. The smallest absolute Gasteiger partial charge is 0.211 e. The zero-order valence-corrected chi connectivity index (χ0v) is 9.89. The molecule has 0 radical (unpaired) electrons. The molecule has 2 rings (SSSR count). The minimum Gasteiger partial charge on any atom is -0.299 e. The highest BCUT2D eigenvalue weighted by Gasteiger charge is 2.39. The number of carbonyl (C=O) groups excluding carboxylic acids is 1. The summed E-state index contributed by atoms with van der Waals surface area (Å²) in [6, 6.07) is 7.03. The van der Waals surface area contributed by atoms with Crippen LogP contribution in [-0.2, 0) is 4.79 Å². The first-order valence-corrected chi connectivity index (χ1v) is 5.86. The lowest BCUT2D eigenvalue weighted by atomic mass is 9.72. The van der Waals surface area contributed by atoms with Gasteiger partial charge in [-0.05, 0) is 18.1 Å². The Morgan fingerprint density at radius 3 is 2.65 bits per heavy atom. The van der Waals surface area contributed by atoms with Crippen molar-refractivity contribution in [1.82, 2.24) is 0 Å². The Morgan fingerprint density at radius 2 is 2.18 bits per heavy atom.